The number of nitrogens with one attached hydrogen (secondary N) is 1. The lowest BCUT2D eigenvalue weighted by atomic mass is 10.7. The average molecular weight is 131 g/mol. The number of aromatic amines is 1. The Morgan fingerprint density at radius 1 is 1.00 bits per heavy atom. The first kappa shape index (κ1) is 4.87. The fourth-order valence-corrected chi connectivity index (χ4v) is 1.26. The van der Waals surface area contributed by atoms with Crippen molar-refractivity contribution < 1.29 is 0 Å². The molecule has 1 nitrogen and oxygen atoms in total. The lowest BCUT2D eigenvalue weighted by Gasteiger charge is -1.58. The summed E-state index contributed by atoms with van der Waals surface area (Å²) in [7, 11) is 0. The van der Waals surface area contributed by atoms with Crippen molar-refractivity contribution in [2.75, 3.05) is 0 Å². The van der Waals surface area contributed by atoms with E-state index in [1.807, 2.05) is 22.9 Å². The zero-order chi connectivity index (χ0) is 4.95. The van der Waals surface area contributed by atoms with Gasteiger partial charge >= 0.3 is 0 Å². The van der Waals surface area contributed by atoms with Gasteiger partial charge in [0.15, 0.2) is 0 Å². The summed E-state index contributed by atoms with van der Waals surface area (Å²) < 4.78 is 3.01. The minimum Gasteiger partial charge on any atom is -0.267 e. The third-order valence-electron chi connectivity index (χ3n) is 0.501. The molecule has 0 bridgehead atoms. The van der Waals surface area contributed by atoms with Crippen molar-refractivity contribution in [3.63, 3.8) is 0 Å². The fourth-order valence-electron chi connectivity index (χ4n) is 0.253. The highest BCUT2D eigenvalue weighted by Crippen LogP contribution is 1.89. The van der Waals surface area contributed by atoms with Gasteiger partial charge in [-0.1, -0.05) is 23.1 Å². The Hall–Kier alpha value is -0.280. The number of rotatable bonds is 0. The largest absolute Gasteiger partial charge is 0.267 e. The summed E-state index contributed by atoms with van der Waals surface area (Å²) in [6.45, 7) is 0. The molecule has 0 aromatic carbocycles. The molecule has 0 aliphatic rings. The predicted octanol–water partition coefficient (Wildman–Crippen LogP) is 2.26. The Labute approximate surface area is 50.2 Å². The maximum atomic E-state index is 3.01. The quantitative estimate of drug-likeness (QED) is 0.556. The Morgan fingerprint density at radius 3 is 2.14 bits per heavy atom. The van der Waals surface area contributed by atoms with Crippen molar-refractivity contribution in [3.05, 3.63) is 22.9 Å². The van der Waals surface area contributed by atoms with Gasteiger partial charge < -0.3 is 0 Å². The van der Waals surface area contributed by atoms with E-state index < -0.39 is 0 Å². The molecule has 1 N–H and O–H groups in total. The van der Waals surface area contributed by atoms with Gasteiger partial charge in [-0.05, 0) is 12.1 Å². The minimum absolute atomic E-state index is 1.59. The van der Waals surface area contributed by atoms with E-state index in [2.05, 4.69) is 3.76 Å². The van der Waals surface area contributed by atoms with Crippen molar-refractivity contribution in [1.82, 2.24) is 3.76 Å². The summed E-state index contributed by atoms with van der Waals surface area (Å²) in [5.41, 5.74) is 0. The average Bonchev–Trinajstić information content (AvgIpc) is 1.90. The first-order valence-corrected chi connectivity index (χ1v) is 3.64. The van der Waals surface area contributed by atoms with Gasteiger partial charge in [0, 0.05) is 10.8 Å². The van der Waals surface area contributed by atoms with Crippen LogP contribution in [0.3, 0.4) is 0 Å². The lowest BCUT2D eigenvalue weighted by Crippen LogP contribution is -1.30. The Kier molecular flexibility index (Phi) is 1.96. The molecule has 0 saturated carbocycles. The van der Waals surface area contributed by atoms with Crippen LogP contribution in [0.25, 0.3) is 0 Å². The molecule has 38 valence electrons. The zero-order valence-corrected chi connectivity index (χ0v) is 5.26. The van der Waals surface area contributed by atoms with Gasteiger partial charge in [0.1, 0.15) is 0 Å². The highest BCUT2D eigenvalue weighted by molar-refractivity contribution is 7.15. The van der Waals surface area contributed by atoms with Crippen LogP contribution in [0.5, 0.6) is 0 Å². The number of hydrogen-bond donors (Lipinski definition) is 1. The van der Waals surface area contributed by atoms with E-state index in [4.69, 9.17) is 0 Å². The molecule has 0 spiro atoms. The third kappa shape index (κ3) is 1.75. The highest BCUT2D eigenvalue weighted by atomic mass is 32.2. The second kappa shape index (κ2) is 2.82. The van der Waals surface area contributed by atoms with Gasteiger partial charge in [0.05, 0.1) is 0 Å². The second-order valence-corrected chi connectivity index (χ2v) is 2.66. The molecule has 0 radical (unpaired) electrons. The maximum Gasteiger partial charge on any atom is 0.00862 e. The molecular weight excluding hydrogens is 126 g/mol. The van der Waals surface area contributed by atoms with E-state index in [1.54, 1.807) is 23.1 Å². The molecule has 0 aliphatic carbocycles. The van der Waals surface area contributed by atoms with Crippen molar-refractivity contribution in [2.45, 2.75) is 0 Å². The molecule has 0 atom stereocenters. The third-order valence-corrected chi connectivity index (χ3v) is 1.86. The van der Waals surface area contributed by atoms with Crippen LogP contribution in [0.4, 0.5) is 0 Å². The van der Waals surface area contributed by atoms with Crippen LogP contribution in [0.15, 0.2) is 22.9 Å². The summed E-state index contributed by atoms with van der Waals surface area (Å²) in [4.78, 5) is 0. The monoisotopic (exact) mass is 131 g/mol. The molecule has 0 aliphatic heterocycles. The zero-order valence-electron chi connectivity index (χ0n) is 3.63. The predicted molar refractivity (Wildman–Crippen MR) is 34.2 cm³/mol. The summed E-state index contributed by atoms with van der Waals surface area (Å²) in [5, 5.41) is 3.99. The molecule has 0 amide bonds. The van der Waals surface area contributed by atoms with E-state index in [9.17, 15) is 0 Å². The van der Waals surface area contributed by atoms with E-state index in [1.165, 1.54) is 0 Å². The molecule has 3 heteroatoms. The van der Waals surface area contributed by atoms with Crippen LogP contribution in [-0.2, 0) is 0 Å². The molecule has 0 unspecified atom stereocenters. The maximum absolute atomic E-state index is 3.01. The van der Waals surface area contributed by atoms with Crippen molar-refractivity contribution >= 4 is 23.1 Å². The van der Waals surface area contributed by atoms with Crippen LogP contribution < -0.4 is 0 Å². The lowest BCUT2D eigenvalue weighted by molar-refractivity contribution is 1.89. The molecule has 1 heterocycles. The Morgan fingerprint density at radius 2 is 1.57 bits per heavy atom. The summed E-state index contributed by atoms with van der Waals surface area (Å²) in [6, 6.07) is 4.00. The van der Waals surface area contributed by atoms with Gasteiger partial charge in [0.25, 0.3) is 0 Å². The molecule has 1 aromatic heterocycles. The standard InChI is InChI=1S/C4H5NS2/c1-2-4-7-5-6-3-1/h1-5H. The van der Waals surface area contributed by atoms with Crippen LogP contribution in [0.1, 0.15) is 0 Å². The number of hydrogen-bond acceptors (Lipinski definition) is 2. The first-order chi connectivity index (χ1) is 3.50. The van der Waals surface area contributed by atoms with Gasteiger partial charge in [-0.25, -0.2) is 0 Å². The van der Waals surface area contributed by atoms with Crippen LogP contribution in [0.2, 0.25) is 0 Å². The summed E-state index contributed by atoms with van der Waals surface area (Å²) in [5.74, 6) is 0. The number of aromatic nitrogens is 1. The van der Waals surface area contributed by atoms with Gasteiger partial charge in [-0.3, -0.25) is 3.76 Å². The van der Waals surface area contributed by atoms with Crippen LogP contribution in [0, 0.1) is 0 Å². The van der Waals surface area contributed by atoms with Crippen LogP contribution in [-0.4, -0.2) is 3.76 Å². The van der Waals surface area contributed by atoms with E-state index in [0.29, 0.717) is 0 Å². The Bertz CT molecular complexity index is 97.7. The van der Waals surface area contributed by atoms with E-state index in [0.717, 1.165) is 0 Å². The normalized spacial score (nSPS) is 8.00. The molecule has 1 rings (SSSR count). The Balaban J connectivity index is 3.06. The van der Waals surface area contributed by atoms with Gasteiger partial charge in [-0.2, -0.15) is 0 Å². The topological polar surface area (TPSA) is 15.8 Å². The SMILES string of the molecule is c1ccs[nH]sc1. The minimum atomic E-state index is 1.59. The molecule has 1 aromatic rings. The summed E-state index contributed by atoms with van der Waals surface area (Å²) in [6.07, 6.45) is 0. The first-order valence-electron chi connectivity index (χ1n) is 1.88. The van der Waals surface area contributed by atoms with E-state index in [-0.39, 0.29) is 0 Å². The summed E-state index contributed by atoms with van der Waals surface area (Å²) >= 11 is 3.17. The molecule has 7 heavy (non-hydrogen) atoms. The van der Waals surface area contributed by atoms with Gasteiger partial charge in [0.2, 0.25) is 0 Å². The van der Waals surface area contributed by atoms with E-state index >= 15 is 0 Å². The highest BCUT2D eigenvalue weighted by Gasteiger charge is 1.58. The second-order valence-electron chi connectivity index (χ2n) is 0.976. The fraction of sp³-hybridized carbons (Fsp3) is 0. The van der Waals surface area contributed by atoms with Crippen molar-refractivity contribution in [3.8, 4) is 0 Å². The van der Waals surface area contributed by atoms with Crippen LogP contribution >= 0.6 is 23.1 Å². The smallest absolute Gasteiger partial charge is 0.00862 e. The number of H-pyrrole nitrogens is 1. The molecule has 0 fully saturated rings. The molecular formula is C4H5NS2. The van der Waals surface area contributed by atoms with Gasteiger partial charge in [-0.15, -0.1) is 0 Å². The van der Waals surface area contributed by atoms with Crippen molar-refractivity contribution in [2.24, 2.45) is 0 Å². The van der Waals surface area contributed by atoms with Crippen molar-refractivity contribution in [1.29, 1.82) is 0 Å². The molecule has 0 saturated heterocycles.